The summed E-state index contributed by atoms with van der Waals surface area (Å²) in [6, 6.07) is 4.16. The predicted octanol–water partition coefficient (Wildman–Crippen LogP) is 2.78. The second-order valence-corrected chi connectivity index (χ2v) is 6.38. The van der Waals surface area contributed by atoms with Crippen LogP contribution < -0.4 is 5.32 Å². The SMILES string of the molecule is c1cncc(-c2nc3c(c(NC4CCn5ccnc54)n2)CCC3)c1. The number of aryl methyl sites for hydroxylation is 2. The van der Waals surface area contributed by atoms with Crippen molar-refractivity contribution in [1.82, 2.24) is 24.5 Å². The molecule has 4 heterocycles. The zero-order chi connectivity index (χ0) is 15.9. The number of hydrogen-bond donors (Lipinski definition) is 1. The summed E-state index contributed by atoms with van der Waals surface area (Å²) < 4.78 is 2.21. The van der Waals surface area contributed by atoms with Crippen LogP contribution in [0.5, 0.6) is 0 Å². The average Bonchev–Trinajstić information content (AvgIpc) is 3.33. The van der Waals surface area contributed by atoms with Crippen molar-refractivity contribution in [3.05, 3.63) is 54.0 Å². The van der Waals surface area contributed by atoms with Crippen molar-refractivity contribution in [3.8, 4) is 11.4 Å². The van der Waals surface area contributed by atoms with Crippen LogP contribution in [0.1, 0.15) is 36.0 Å². The second kappa shape index (κ2) is 5.40. The molecule has 2 aliphatic rings. The molecule has 0 amide bonds. The molecular weight excluding hydrogens is 300 g/mol. The molecule has 1 aliphatic carbocycles. The molecule has 5 rings (SSSR count). The Kier molecular flexibility index (Phi) is 3.07. The minimum absolute atomic E-state index is 0.223. The third-order valence-electron chi connectivity index (χ3n) is 4.88. The maximum atomic E-state index is 4.84. The molecule has 6 heteroatoms. The number of anilines is 1. The van der Waals surface area contributed by atoms with E-state index in [1.54, 1.807) is 6.20 Å². The maximum absolute atomic E-state index is 4.84. The zero-order valence-corrected chi connectivity index (χ0v) is 13.3. The highest BCUT2D eigenvalue weighted by Crippen LogP contribution is 2.33. The summed E-state index contributed by atoms with van der Waals surface area (Å²) in [5, 5.41) is 3.64. The standard InChI is InChI=1S/C18H18N6/c1-4-13-14(5-1)21-16(12-3-2-7-19-11-12)23-17(13)22-15-6-9-24-10-8-20-18(15)24/h2-3,7-8,10-11,15H,1,4-6,9H2,(H,21,22,23). The molecule has 3 aromatic rings. The van der Waals surface area contributed by atoms with Crippen LogP contribution in [0, 0.1) is 0 Å². The molecule has 1 aliphatic heterocycles. The van der Waals surface area contributed by atoms with Gasteiger partial charge in [0.2, 0.25) is 0 Å². The van der Waals surface area contributed by atoms with Gasteiger partial charge in [0.25, 0.3) is 0 Å². The Morgan fingerprint density at radius 3 is 3.08 bits per heavy atom. The van der Waals surface area contributed by atoms with Gasteiger partial charge < -0.3 is 9.88 Å². The highest BCUT2D eigenvalue weighted by Gasteiger charge is 2.27. The Labute approximate surface area is 140 Å². The smallest absolute Gasteiger partial charge is 0.163 e. The fraction of sp³-hybridized carbons (Fsp3) is 0.333. The molecule has 0 spiro atoms. The van der Waals surface area contributed by atoms with E-state index in [1.807, 2.05) is 30.7 Å². The molecule has 0 fully saturated rings. The summed E-state index contributed by atoms with van der Waals surface area (Å²) in [7, 11) is 0. The van der Waals surface area contributed by atoms with Gasteiger partial charge in [-0.1, -0.05) is 0 Å². The summed E-state index contributed by atoms with van der Waals surface area (Å²) in [5.74, 6) is 2.83. The monoisotopic (exact) mass is 318 g/mol. The number of rotatable bonds is 3. The first-order chi connectivity index (χ1) is 11.9. The summed E-state index contributed by atoms with van der Waals surface area (Å²) in [6.07, 6.45) is 11.8. The Morgan fingerprint density at radius 2 is 2.17 bits per heavy atom. The Balaban J connectivity index is 1.55. The average molecular weight is 318 g/mol. The molecule has 120 valence electrons. The van der Waals surface area contributed by atoms with Crippen LogP contribution in [0.3, 0.4) is 0 Å². The minimum Gasteiger partial charge on any atom is -0.360 e. The van der Waals surface area contributed by atoms with Crippen LogP contribution in [0.4, 0.5) is 5.82 Å². The van der Waals surface area contributed by atoms with Crippen molar-refractivity contribution in [2.24, 2.45) is 0 Å². The van der Waals surface area contributed by atoms with Crippen molar-refractivity contribution in [2.75, 3.05) is 5.32 Å². The fourth-order valence-corrected chi connectivity index (χ4v) is 3.69. The number of aromatic nitrogens is 5. The van der Waals surface area contributed by atoms with Crippen molar-refractivity contribution in [1.29, 1.82) is 0 Å². The molecule has 0 aromatic carbocycles. The molecule has 0 saturated carbocycles. The molecule has 0 bridgehead atoms. The lowest BCUT2D eigenvalue weighted by Gasteiger charge is -2.16. The van der Waals surface area contributed by atoms with E-state index in [0.29, 0.717) is 0 Å². The van der Waals surface area contributed by atoms with Gasteiger partial charge in [-0.2, -0.15) is 0 Å². The Hall–Kier alpha value is -2.76. The highest BCUT2D eigenvalue weighted by atomic mass is 15.2. The van der Waals surface area contributed by atoms with Gasteiger partial charge in [-0.3, -0.25) is 4.98 Å². The van der Waals surface area contributed by atoms with Crippen LogP contribution in [-0.4, -0.2) is 24.5 Å². The van der Waals surface area contributed by atoms with Gasteiger partial charge in [0.1, 0.15) is 11.6 Å². The molecule has 1 atom stereocenters. The molecule has 1 N–H and O–H groups in total. The molecule has 3 aromatic heterocycles. The normalized spacial score (nSPS) is 18.4. The lowest BCUT2D eigenvalue weighted by molar-refractivity contribution is 0.705. The van der Waals surface area contributed by atoms with Gasteiger partial charge in [-0.05, 0) is 37.8 Å². The predicted molar refractivity (Wildman–Crippen MR) is 90.5 cm³/mol. The topological polar surface area (TPSA) is 68.5 Å². The maximum Gasteiger partial charge on any atom is 0.163 e. The van der Waals surface area contributed by atoms with Crippen molar-refractivity contribution >= 4 is 5.82 Å². The van der Waals surface area contributed by atoms with Crippen molar-refractivity contribution in [3.63, 3.8) is 0 Å². The Bertz CT molecular complexity index is 886. The van der Waals surface area contributed by atoms with Gasteiger partial charge >= 0.3 is 0 Å². The highest BCUT2D eigenvalue weighted by molar-refractivity contribution is 5.60. The van der Waals surface area contributed by atoms with Crippen LogP contribution in [0.2, 0.25) is 0 Å². The summed E-state index contributed by atoms with van der Waals surface area (Å²) in [5.41, 5.74) is 3.41. The first-order valence-electron chi connectivity index (χ1n) is 8.46. The van der Waals surface area contributed by atoms with E-state index in [0.717, 1.165) is 55.3 Å². The first kappa shape index (κ1) is 13.7. The first-order valence-corrected chi connectivity index (χ1v) is 8.46. The van der Waals surface area contributed by atoms with Crippen LogP contribution in [0.15, 0.2) is 36.9 Å². The number of hydrogen-bond acceptors (Lipinski definition) is 5. The summed E-state index contributed by atoms with van der Waals surface area (Å²) in [6.45, 7) is 1.01. The third-order valence-corrected chi connectivity index (χ3v) is 4.88. The van der Waals surface area contributed by atoms with Crippen LogP contribution >= 0.6 is 0 Å². The van der Waals surface area contributed by atoms with Gasteiger partial charge in [-0.25, -0.2) is 15.0 Å². The molecule has 1 unspecified atom stereocenters. The van der Waals surface area contributed by atoms with E-state index in [-0.39, 0.29) is 6.04 Å². The van der Waals surface area contributed by atoms with Gasteiger partial charge in [-0.15, -0.1) is 0 Å². The molecule has 0 saturated heterocycles. The number of imidazole rings is 1. The van der Waals surface area contributed by atoms with Gasteiger partial charge in [0, 0.05) is 48.2 Å². The van der Waals surface area contributed by atoms with Crippen molar-refractivity contribution < 1.29 is 0 Å². The number of nitrogens with zero attached hydrogens (tertiary/aromatic N) is 5. The second-order valence-electron chi connectivity index (χ2n) is 6.38. The van der Waals surface area contributed by atoms with E-state index >= 15 is 0 Å². The number of nitrogens with one attached hydrogen (secondary N) is 1. The largest absolute Gasteiger partial charge is 0.360 e. The van der Waals surface area contributed by atoms with Crippen LogP contribution in [0.25, 0.3) is 11.4 Å². The minimum atomic E-state index is 0.223. The van der Waals surface area contributed by atoms with Gasteiger partial charge in [0.05, 0.1) is 6.04 Å². The lowest BCUT2D eigenvalue weighted by Crippen LogP contribution is -2.13. The van der Waals surface area contributed by atoms with E-state index in [1.165, 1.54) is 11.3 Å². The fourth-order valence-electron chi connectivity index (χ4n) is 3.69. The van der Waals surface area contributed by atoms with Crippen molar-refractivity contribution in [2.45, 2.75) is 38.3 Å². The zero-order valence-electron chi connectivity index (χ0n) is 13.3. The number of fused-ring (bicyclic) bond motifs is 2. The molecule has 0 radical (unpaired) electrons. The number of pyridine rings is 1. The van der Waals surface area contributed by atoms with E-state index in [9.17, 15) is 0 Å². The third kappa shape index (κ3) is 2.18. The summed E-state index contributed by atoms with van der Waals surface area (Å²) >= 11 is 0. The van der Waals surface area contributed by atoms with Gasteiger partial charge in [0.15, 0.2) is 5.82 Å². The van der Waals surface area contributed by atoms with Crippen LogP contribution in [-0.2, 0) is 19.4 Å². The van der Waals surface area contributed by atoms with E-state index in [2.05, 4.69) is 19.9 Å². The lowest BCUT2D eigenvalue weighted by atomic mass is 10.2. The summed E-state index contributed by atoms with van der Waals surface area (Å²) in [4.78, 5) is 18.3. The Morgan fingerprint density at radius 1 is 1.17 bits per heavy atom. The molecular formula is C18H18N6. The molecule has 6 nitrogen and oxygen atoms in total. The quantitative estimate of drug-likeness (QED) is 0.804. The van der Waals surface area contributed by atoms with E-state index < -0.39 is 0 Å². The van der Waals surface area contributed by atoms with E-state index in [4.69, 9.17) is 9.97 Å². The molecule has 24 heavy (non-hydrogen) atoms.